The van der Waals surface area contributed by atoms with Gasteiger partial charge in [0, 0.05) is 12.3 Å². The lowest BCUT2D eigenvalue weighted by Crippen LogP contribution is -2.28. The lowest BCUT2D eigenvalue weighted by molar-refractivity contribution is -0.0906. The van der Waals surface area contributed by atoms with Crippen molar-refractivity contribution in [1.29, 1.82) is 0 Å². The summed E-state index contributed by atoms with van der Waals surface area (Å²) < 4.78 is 19.8. The van der Waals surface area contributed by atoms with E-state index in [0.29, 0.717) is 12.0 Å². The molecule has 0 aromatic heterocycles. The maximum Gasteiger partial charge on any atom is 0.339 e. The molecular weight excluding hydrogens is 623 g/mol. The van der Waals surface area contributed by atoms with E-state index < -0.39 is 20.3 Å². The van der Waals surface area contributed by atoms with E-state index in [4.69, 9.17) is 14.2 Å². The fourth-order valence-corrected chi connectivity index (χ4v) is 9.03. The maximum atomic E-state index is 14.4. The van der Waals surface area contributed by atoms with Gasteiger partial charge in [0.1, 0.15) is 18.3 Å². The number of ether oxygens (including phenoxy) is 3. The van der Waals surface area contributed by atoms with Crippen LogP contribution in [0.5, 0.6) is 0 Å². The first-order valence-corrected chi connectivity index (χ1v) is 18.2. The molecule has 6 aromatic rings. The van der Waals surface area contributed by atoms with Gasteiger partial charge in [-0.1, -0.05) is 177 Å². The van der Waals surface area contributed by atoms with Crippen LogP contribution in [-0.2, 0) is 14.2 Å². The fraction of sp³-hybridized carbons (Fsp3) is 0.159. The molecule has 4 atom stereocenters. The fourth-order valence-electron chi connectivity index (χ4n) is 6.59. The Morgan fingerprint density at radius 2 is 1.02 bits per heavy atom. The van der Waals surface area contributed by atoms with E-state index in [1.54, 1.807) is 0 Å². The first kappa shape index (κ1) is 32.7. The summed E-state index contributed by atoms with van der Waals surface area (Å²) in [6, 6.07) is 59.2. The monoisotopic (exact) mass is 662 g/mol. The van der Waals surface area contributed by atoms with E-state index >= 15 is 0 Å². The van der Waals surface area contributed by atoms with E-state index in [9.17, 15) is 4.79 Å². The van der Waals surface area contributed by atoms with Gasteiger partial charge < -0.3 is 14.2 Å². The number of carbonyl (C=O) groups is 1. The van der Waals surface area contributed by atoms with Crippen molar-refractivity contribution in [2.45, 2.75) is 37.9 Å². The van der Waals surface area contributed by atoms with Crippen LogP contribution >= 0.6 is 7.92 Å². The van der Waals surface area contributed by atoms with Crippen molar-refractivity contribution < 1.29 is 19.0 Å². The maximum absolute atomic E-state index is 14.4. The Labute approximate surface area is 290 Å². The average Bonchev–Trinajstić information content (AvgIpc) is 3.59. The van der Waals surface area contributed by atoms with Crippen LogP contribution in [-0.4, -0.2) is 12.3 Å². The molecule has 49 heavy (non-hydrogen) atoms. The van der Waals surface area contributed by atoms with Crippen molar-refractivity contribution in [2.24, 2.45) is 5.92 Å². The Morgan fingerprint density at radius 1 is 0.592 bits per heavy atom. The molecule has 0 unspecified atom stereocenters. The third-order valence-electron chi connectivity index (χ3n) is 8.96. The summed E-state index contributed by atoms with van der Waals surface area (Å²) in [6.45, 7) is 2.11. The topological polar surface area (TPSA) is 44.8 Å². The Morgan fingerprint density at radius 3 is 1.53 bits per heavy atom. The molecule has 0 bridgehead atoms. The summed E-state index contributed by atoms with van der Waals surface area (Å²) >= 11 is 0. The van der Waals surface area contributed by atoms with Gasteiger partial charge in [-0.3, -0.25) is 0 Å². The third kappa shape index (κ3) is 7.58. The minimum absolute atomic E-state index is 0.112. The lowest BCUT2D eigenvalue weighted by Gasteiger charge is -2.27. The number of benzene rings is 6. The highest BCUT2D eigenvalue weighted by Crippen LogP contribution is 2.45. The quantitative estimate of drug-likeness (QED) is 0.103. The molecule has 7 rings (SSSR count). The average molecular weight is 663 g/mol. The zero-order valence-electron chi connectivity index (χ0n) is 27.4. The smallest absolute Gasteiger partial charge is 0.339 e. The second-order valence-corrected chi connectivity index (χ2v) is 14.5. The van der Waals surface area contributed by atoms with Crippen LogP contribution < -0.4 is 15.9 Å². The van der Waals surface area contributed by atoms with Crippen molar-refractivity contribution in [1.82, 2.24) is 0 Å². The molecule has 0 radical (unpaired) electrons. The number of carbonyl (C=O) groups excluding carboxylic acids is 1. The second-order valence-electron chi connectivity index (χ2n) is 12.3. The molecule has 0 amide bonds. The van der Waals surface area contributed by atoms with Gasteiger partial charge in [-0.25, -0.2) is 4.79 Å². The molecule has 5 heteroatoms. The Bertz CT molecular complexity index is 1830. The molecule has 4 nitrogen and oxygen atoms in total. The summed E-state index contributed by atoms with van der Waals surface area (Å²) in [5, 5.41) is 3.32. The summed E-state index contributed by atoms with van der Waals surface area (Å²) in [7, 11) is -1.00. The third-order valence-corrected chi connectivity index (χ3v) is 11.5. The minimum Gasteiger partial charge on any atom is -0.454 e. The molecule has 0 aliphatic carbocycles. The molecule has 0 spiro atoms. The van der Waals surface area contributed by atoms with Crippen molar-refractivity contribution >= 4 is 29.8 Å². The first-order valence-electron chi connectivity index (χ1n) is 16.8. The summed E-state index contributed by atoms with van der Waals surface area (Å²) in [6.07, 6.45) is -0.950. The second kappa shape index (κ2) is 15.6. The Balaban J connectivity index is 1.17. The molecule has 0 N–H and O–H groups in total. The van der Waals surface area contributed by atoms with E-state index in [2.05, 4.69) is 85.8 Å². The molecular formula is C44H39O4P. The van der Waals surface area contributed by atoms with Crippen LogP contribution in [0.25, 0.3) is 0 Å². The van der Waals surface area contributed by atoms with E-state index in [1.807, 2.05) is 97.1 Å². The van der Waals surface area contributed by atoms with Crippen molar-refractivity contribution in [3.05, 3.63) is 198 Å². The van der Waals surface area contributed by atoms with Crippen molar-refractivity contribution in [3.8, 4) is 0 Å². The molecule has 1 saturated heterocycles. The molecule has 1 aliphatic heterocycles. The number of rotatable bonds is 11. The highest BCUT2D eigenvalue weighted by atomic mass is 31.1. The zero-order valence-corrected chi connectivity index (χ0v) is 28.3. The van der Waals surface area contributed by atoms with Crippen LogP contribution in [0, 0.1) is 5.92 Å². The molecule has 1 fully saturated rings. The molecule has 1 heterocycles. The van der Waals surface area contributed by atoms with Gasteiger partial charge in [0.2, 0.25) is 0 Å². The van der Waals surface area contributed by atoms with E-state index in [-0.39, 0.29) is 24.1 Å². The highest BCUT2D eigenvalue weighted by Gasteiger charge is 2.40. The molecule has 0 saturated carbocycles. The standard InChI is InChI=1S/C44H39O4P/c1-32(31-40-46-42(34-21-9-3-10-22-34)43(47-40)35-23-11-4-12-24-35)41(33-19-7-2-8-20-33)48-44(45)38-29-17-18-30-39(38)49(36-25-13-5-14-26-36)37-27-15-6-16-28-37/h2-30,32,40-43H,31H2,1H3/t32-,41+,42+,43+/m0/s1. The first-order chi connectivity index (χ1) is 24.2. The predicted octanol–water partition coefficient (Wildman–Crippen LogP) is 9.22. The van der Waals surface area contributed by atoms with Gasteiger partial charge in [0.15, 0.2) is 6.29 Å². The largest absolute Gasteiger partial charge is 0.454 e. The molecule has 1 aliphatic rings. The molecule has 6 aromatic carbocycles. The van der Waals surface area contributed by atoms with Gasteiger partial charge in [-0.2, -0.15) is 0 Å². The van der Waals surface area contributed by atoms with Crippen LogP contribution in [0.1, 0.15) is 58.7 Å². The summed E-state index contributed by atoms with van der Waals surface area (Å²) in [4.78, 5) is 14.4. The van der Waals surface area contributed by atoms with E-state index in [1.165, 1.54) is 10.6 Å². The number of hydrogen-bond donors (Lipinski definition) is 0. The van der Waals surface area contributed by atoms with Crippen LogP contribution in [0.15, 0.2) is 176 Å². The summed E-state index contributed by atoms with van der Waals surface area (Å²) in [5.74, 6) is -0.451. The Kier molecular flexibility index (Phi) is 10.4. The van der Waals surface area contributed by atoms with E-state index in [0.717, 1.165) is 22.0 Å². The van der Waals surface area contributed by atoms with Gasteiger partial charge >= 0.3 is 5.97 Å². The SMILES string of the molecule is C[C@@H](CC1O[C@H](c2ccccc2)[C@@H](c2ccccc2)O1)[C@@H](OC(=O)c1ccccc1P(c1ccccc1)c1ccccc1)c1ccccc1. The van der Waals surface area contributed by atoms with Crippen LogP contribution in [0.3, 0.4) is 0 Å². The number of hydrogen-bond acceptors (Lipinski definition) is 4. The van der Waals surface area contributed by atoms with Gasteiger partial charge in [0.05, 0.1) is 5.56 Å². The van der Waals surface area contributed by atoms with Gasteiger partial charge in [-0.05, 0) is 46.6 Å². The minimum atomic E-state index is -1.00. The summed E-state index contributed by atoms with van der Waals surface area (Å²) in [5.41, 5.74) is 3.66. The van der Waals surface area contributed by atoms with Crippen LogP contribution in [0.4, 0.5) is 0 Å². The highest BCUT2D eigenvalue weighted by molar-refractivity contribution is 7.80. The van der Waals surface area contributed by atoms with Crippen molar-refractivity contribution in [3.63, 3.8) is 0 Å². The van der Waals surface area contributed by atoms with Crippen LogP contribution in [0.2, 0.25) is 0 Å². The molecule has 244 valence electrons. The van der Waals surface area contributed by atoms with Crippen molar-refractivity contribution in [2.75, 3.05) is 0 Å². The van der Waals surface area contributed by atoms with Gasteiger partial charge in [0.25, 0.3) is 0 Å². The zero-order chi connectivity index (χ0) is 33.4. The lowest BCUT2D eigenvalue weighted by atomic mass is 9.94. The Hall–Kier alpha value is -4.86. The normalized spacial score (nSPS) is 17.4. The number of esters is 1. The van der Waals surface area contributed by atoms with Gasteiger partial charge in [-0.15, -0.1) is 0 Å². The predicted molar refractivity (Wildman–Crippen MR) is 198 cm³/mol.